The average Bonchev–Trinajstić information content (AvgIpc) is 1.99. The summed E-state index contributed by atoms with van der Waals surface area (Å²) in [4.78, 5) is 20.7. The molecule has 0 spiro atoms. The van der Waals surface area contributed by atoms with E-state index in [4.69, 9.17) is 14.8 Å². The van der Waals surface area contributed by atoms with Crippen molar-refractivity contribution in [3.8, 4) is 0 Å². The number of carboxylic acids is 2. The molecule has 0 radical (unpaired) electrons. The topological polar surface area (TPSA) is 141 Å². The fourth-order valence-electron chi connectivity index (χ4n) is 0.784. The SMILES string of the molecule is O=C(O)C[C@H](NCCS(=O)(=O)O)C(=O)O. The van der Waals surface area contributed by atoms with Crippen molar-refractivity contribution in [2.75, 3.05) is 12.3 Å². The van der Waals surface area contributed by atoms with Gasteiger partial charge in [0, 0.05) is 6.54 Å². The fraction of sp³-hybridized carbons (Fsp3) is 0.667. The van der Waals surface area contributed by atoms with E-state index in [1.807, 2.05) is 0 Å². The van der Waals surface area contributed by atoms with Crippen LogP contribution < -0.4 is 5.32 Å². The predicted octanol–water partition coefficient (Wildman–Crippen LogP) is -1.61. The van der Waals surface area contributed by atoms with Crippen LogP contribution in [0.15, 0.2) is 0 Å². The molecule has 0 aliphatic rings. The van der Waals surface area contributed by atoms with Crippen molar-refractivity contribution in [1.82, 2.24) is 5.32 Å². The Bertz CT molecular complexity index is 335. The molecule has 0 saturated heterocycles. The van der Waals surface area contributed by atoms with Crippen LogP contribution in [0, 0.1) is 0 Å². The molecule has 0 saturated carbocycles. The highest BCUT2D eigenvalue weighted by Crippen LogP contribution is 1.92. The molecule has 9 heteroatoms. The van der Waals surface area contributed by atoms with Crippen LogP contribution in [0.5, 0.6) is 0 Å². The fourth-order valence-corrected chi connectivity index (χ4v) is 1.16. The third kappa shape index (κ3) is 7.85. The molecule has 88 valence electrons. The summed E-state index contributed by atoms with van der Waals surface area (Å²) in [5.41, 5.74) is 0. The number of rotatable bonds is 7. The molecule has 0 fully saturated rings. The Morgan fingerprint density at radius 3 is 2.13 bits per heavy atom. The second-order valence-electron chi connectivity index (χ2n) is 2.73. The van der Waals surface area contributed by atoms with Crippen molar-refractivity contribution < 1.29 is 32.8 Å². The highest BCUT2D eigenvalue weighted by molar-refractivity contribution is 7.85. The van der Waals surface area contributed by atoms with Crippen LogP contribution in [0.4, 0.5) is 0 Å². The highest BCUT2D eigenvalue weighted by Gasteiger charge is 2.20. The molecule has 8 nitrogen and oxygen atoms in total. The van der Waals surface area contributed by atoms with E-state index in [1.165, 1.54) is 0 Å². The van der Waals surface area contributed by atoms with Crippen LogP contribution in [0.25, 0.3) is 0 Å². The summed E-state index contributed by atoms with van der Waals surface area (Å²) in [6.45, 7) is -0.330. The molecule has 1 atom stereocenters. The Labute approximate surface area is 85.7 Å². The van der Waals surface area contributed by atoms with Crippen molar-refractivity contribution in [1.29, 1.82) is 0 Å². The molecule has 0 heterocycles. The van der Waals surface area contributed by atoms with Gasteiger partial charge in [0.15, 0.2) is 0 Å². The molecule has 0 aliphatic heterocycles. The van der Waals surface area contributed by atoms with Gasteiger partial charge in [-0.3, -0.25) is 14.1 Å². The minimum atomic E-state index is -4.18. The summed E-state index contributed by atoms with van der Waals surface area (Å²) in [5, 5.41) is 19.0. The smallest absolute Gasteiger partial charge is 0.321 e. The zero-order chi connectivity index (χ0) is 12.1. The van der Waals surface area contributed by atoms with Gasteiger partial charge in [0.2, 0.25) is 0 Å². The molecule has 0 amide bonds. The molecule has 0 bridgehead atoms. The Balaban J connectivity index is 4.09. The maximum absolute atomic E-state index is 10.5. The summed E-state index contributed by atoms with van der Waals surface area (Å²) in [6.07, 6.45) is -0.666. The summed E-state index contributed by atoms with van der Waals surface area (Å²) in [7, 11) is -4.18. The van der Waals surface area contributed by atoms with E-state index in [0.29, 0.717) is 0 Å². The van der Waals surface area contributed by atoms with E-state index >= 15 is 0 Å². The van der Waals surface area contributed by atoms with Crippen molar-refractivity contribution in [3.63, 3.8) is 0 Å². The first-order valence-electron chi connectivity index (χ1n) is 3.85. The van der Waals surface area contributed by atoms with Gasteiger partial charge in [-0.1, -0.05) is 0 Å². The number of hydrogen-bond donors (Lipinski definition) is 4. The van der Waals surface area contributed by atoms with Crippen LogP contribution in [0.2, 0.25) is 0 Å². The third-order valence-electron chi connectivity index (χ3n) is 1.43. The van der Waals surface area contributed by atoms with Crippen LogP contribution in [0.1, 0.15) is 6.42 Å². The van der Waals surface area contributed by atoms with E-state index in [1.54, 1.807) is 0 Å². The van der Waals surface area contributed by atoms with Crippen molar-refractivity contribution in [3.05, 3.63) is 0 Å². The summed E-state index contributed by atoms with van der Waals surface area (Å²) in [6, 6.07) is -1.37. The first-order chi connectivity index (χ1) is 6.72. The number of hydrogen-bond acceptors (Lipinski definition) is 5. The second kappa shape index (κ2) is 5.63. The lowest BCUT2D eigenvalue weighted by Crippen LogP contribution is -2.40. The summed E-state index contributed by atoms with van der Waals surface area (Å²) < 4.78 is 28.8. The zero-order valence-corrected chi connectivity index (χ0v) is 8.40. The lowest BCUT2D eigenvalue weighted by atomic mass is 10.2. The molecule has 15 heavy (non-hydrogen) atoms. The Morgan fingerprint density at radius 1 is 1.27 bits per heavy atom. The van der Waals surface area contributed by atoms with Crippen molar-refractivity contribution in [2.24, 2.45) is 0 Å². The predicted molar refractivity (Wildman–Crippen MR) is 48.1 cm³/mol. The number of nitrogens with one attached hydrogen (secondary N) is 1. The van der Waals surface area contributed by atoms with E-state index in [-0.39, 0.29) is 6.54 Å². The van der Waals surface area contributed by atoms with Gasteiger partial charge in [-0.15, -0.1) is 0 Å². The van der Waals surface area contributed by atoms with Gasteiger partial charge in [-0.2, -0.15) is 8.42 Å². The number of carboxylic acid groups (broad SMARTS) is 2. The zero-order valence-electron chi connectivity index (χ0n) is 7.58. The van der Waals surface area contributed by atoms with Crippen LogP contribution in [0.3, 0.4) is 0 Å². The van der Waals surface area contributed by atoms with Gasteiger partial charge in [-0.05, 0) is 0 Å². The van der Waals surface area contributed by atoms with Gasteiger partial charge in [0.1, 0.15) is 6.04 Å². The minimum Gasteiger partial charge on any atom is -0.481 e. The normalized spacial score (nSPS) is 13.4. The van der Waals surface area contributed by atoms with Crippen molar-refractivity contribution in [2.45, 2.75) is 12.5 Å². The summed E-state index contributed by atoms with van der Waals surface area (Å²) in [5.74, 6) is -3.38. The average molecular weight is 241 g/mol. The van der Waals surface area contributed by atoms with Gasteiger partial charge >= 0.3 is 11.9 Å². The Hall–Kier alpha value is -1.19. The number of aliphatic carboxylic acids is 2. The molecule has 4 N–H and O–H groups in total. The molecule has 0 aromatic rings. The first kappa shape index (κ1) is 13.8. The van der Waals surface area contributed by atoms with E-state index < -0.39 is 40.3 Å². The van der Waals surface area contributed by atoms with Gasteiger partial charge in [-0.25, -0.2) is 0 Å². The molecule has 0 aromatic carbocycles. The molecule has 0 aliphatic carbocycles. The van der Waals surface area contributed by atoms with Crippen molar-refractivity contribution >= 4 is 22.1 Å². The van der Waals surface area contributed by atoms with E-state index in [2.05, 4.69) is 5.32 Å². The largest absolute Gasteiger partial charge is 0.481 e. The van der Waals surface area contributed by atoms with Crippen LogP contribution >= 0.6 is 0 Å². The highest BCUT2D eigenvalue weighted by atomic mass is 32.2. The maximum atomic E-state index is 10.5. The van der Waals surface area contributed by atoms with Crippen LogP contribution in [-0.4, -0.2) is 53.5 Å². The third-order valence-corrected chi connectivity index (χ3v) is 2.15. The van der Waals surface area contributed by atoms with Gasteiger partial charge in [0.25, 0.3) is 10.1 Å². The number of carbonyl (C=O) groups is 2. The lowest BCUT2D eigenvalue weighted by molar-refractivity contribution is -0.145. The Kier molecular flexibility index (Phi) is 5.19. The maximum Gasteiger partial charge on any atom is 0.321 e. The van der Waals surface area contributed by atoms with Gasteiger partial charge < -0.3 is 15.5 Å². The Morgan fingerprint density at radius 2 is 1.80 bits per heavy atom. The molecular weight excluding hydrogens is 230 g/mol. The molecular formula is C6H11NO7S. The first-order valence-corrected chi connectivity index (χ1v) is 5.46. The molecule has 0 rings (SSSR count). The standard InChI is InChI=1S/C6H11NO7S/c8-5(9)3-4(6(10)11)7-1-2-15(12,13)14/h4,7H,1-3H2,(H,8,9)(H,10,11)(H,12,13,14)/t4-/m0/s1. The summed E-state index contributed by atoms with van der Waals surface area (Å²) >= 11 is 0. The van der Waals surface area contributed by atoms with Gasteiger partial charge in [0.05, 0.1) is 12.2 Å². The van der Waals surface area contributed by atoms with Crippen LogP contribution in [-0.2, 0) is 19.7 Å². The second-order valence-corrected chi connectivity index (χ2v) is 4.30. The molecule has 0 unspecified atom stereocenters. The minimum absolute atomic E-state index is 0.330. The molecule has 0 aromatic heterocycles. The van der Waals surface area contributed by atoms with E-state index in [9.17, 15) is 18.0 Å². The lowest BCUT2D eigenvalue weighted by Gasteiger charge is -2.10. The quantitative estimate of drug-likeness (QED) is 0.390. The van der Waals surface area contributed by atoms with E-state index in [0.717, 1.165) is 0 Å². The monoisotopic (exact) mass is 241 g/mol.